The Morgan fingerprint density at radius 2 is 2.09 bits per heavy atom. The van der Waals surface area contributed by atoms with E-state index in [0.29, 0.717) is 16.9 Å². The van der Waals surface area contributed by atoms with Crippen molar-refractivity contribution >= 4 is 5.91 Å². The van der Waals surface area contributed by atoms with Crippen LogP contribution in [0.1, 0.15) is 16.1 Å². The molecule has 1 aromatic carbocycles. The molecule has 0 aliphatic heterocycles. The van der Waals surface area contributed by atoms with Gasteiger partial charge in [-0.2, -0.15) is 5.10 Å². The predicted octanol–water partition coefficient (Wildman–Crippen LogP) is 1.40. The molecule has 0 spiro atoms. The number of aromatic nitrogens is 2. The highest BCUT2D eigenvalue weighted by atomic mass is 19.1. The number of hydrogen-bond donors (Lipinski definition) is 1. The largest absolute Gasteiger partial charge is 0.389 e. The van der Waals surface area contributed by atoms with Crippen molar-refractivity contribution in [2.75, 3.05) is 27.3 Å². The van der Waals surface area contributed by atoms with E-state index < -0.39 is 6.10 Å². The molecule has 0 bridgehead atoms. The van der Waals surface area contributed by atoms with Gasteiger partial charge in [-0.05, 0) is 31.2 Å². The molecule has 0 radical (unpaired) electrons. The highest BCUT2D eigenvalue weighted by Crippen LogP contribution is 2.16. The van der Waals surface area contributed by atoms with Crippen LogP contribution in [0.4, 0.5) is 4.39 Å². The minimum atomic E-state index is -0.749. The predicted molar refractivity (Wildman–Crippen MR) is 83.1 cm³/mol. The molecule has 2 rings (SSSR count). The molecular weight excluding hydrogens is 301 g/mol. The van der Waals surface area contributed by atoms with Crippen LogP contribution in [0.2, 0.25) is 0 Å². The Hall–Kier alpha value is -2.25. The first kappa shape index (κ1) is 17.1. The molecule has 0 saturated heterocycles. The van der Waals surface area contributed by atoms with E-state index in [1.807, 2.05) is 0 Å². The number of hydrogen-bond acceptors (Lipinski definition) is 4. The zero-order valence-corrected chi connectivity index (χ0v) is 13.4. The summed E-state index contributed by atoms with van der Waals surface area (Å²) in [5, 5.41) is 13.9. The Balaban J connectivity index is 2.18. The van der Waals surface area contributed by atoms with E-state index in [1.165, 1.54) is 30.3 Å². The lowest BCUT2D eigenvalue weighted by atomic mass is 10.2. The summed E-state index contributed by atoms with van der Waals surface area (Å²) in [4.78, 5) is 13.9. The summed E-state index contributed by atoms with van der Waals surface area (Å²) in [7, 11) is 3.10. The van der Waals surface area contributed by atoms with E-state index in [1.54, 1.807) is 30.8 Å². The summed E-state index contributed by atoms with van der Waals surface area (Å²) < 4.78 is 19.4. The van der Waals surface area contributed by atoms with Crippen molar-refractivity contribution in [1.82, 2.24) is 14.7 Å². The van der Waals surface area contributed by atoms with E-state index in [9.17, 15) is 14.3 Å². The monoisotopic (exact) mass is 321 g/mol. The molecule has 0 fully saturated rings. The van der Waals surface area contributed by atoms with Gasteiger partial charge in [-0.3, -0.25) is 4.79 Å². The van der Waals surface area contributed by atoms with Gasteiger partial charge in [0.2, 0.25) is 0 Å². The first-order chi connectivity index (χ1) is 10.9. The number of ether oxygens (including phenoxy) is 1. The highest BCUT2D eigenvalue weighted by molar-refractivity contribution is 5.95. The van der Waals surface area contributed by atoms with Crippen LogP contribution in [0.5, 0.6) is 0 Å². The van der Waals surface area contributed by atoms with Gasteiger partial charge >= 0.3 is 0 Å². The molecule has 124 valence electrons. The number of likely N-dealkylation sites (N-methyl/N-ethyl adjacent to an activating group) is 1. The maximum atomic E-state index is 13.0. The lowest BCUT2D eigenvalue weighted by molar-refractivity contribution is 0.0380. The molecule has 0 aliphatic rings. The molecule has 6 nitrogen and oxygen atoms in total. The number of halogens is 1. The first-order valence-corrected chi connectivity index (χ1v) is 7.17. The minimum absolute atomic E-state index is 0.158. The summed E-state index contributed by atoms with van der Waals surface area (Å²) in [6.07, 6.45) is 0.724. The molecule has 1 amide bonds. The molecule has 7 heteroatoms. The van der Waals surface area contributed by atoms with Gasteiger partial charge < -0.3 is 14.7 Å². The SMILES string of the molecule is COCC(O)CN(C)C(=O)c1cnn(-c2ccc(F)cc2)c1C. The summed E-state index contributed by atoms with van der Waals surface area (Å²) in [6.45, 7) is 2.09. The van der Waals surface area contributed by atoms with Gasteiger partial charge in [-0.1, -0.05) is 0 Å². The molecular formula is C16H20FN3O3. The third kappa shape index (κ3) is 3.94. The van der Waals surface area contributed by atoms with Gasteiger partial charge in [0.25, 0.3) is 5.91 Å². The number of nitrogens with zero attached hydrogens (tertiary/aromatic N) is 3. The zero-order valence-electron chi connectivity index (χ0n) is 13.4. The summed E-state index contributed by atoms with van der Waals surface area (Å²) >= 11 is 0. The second-order valence-corrected chi connectivity index (χ2v) is 5.33. The van der Waals surface area contributed by atoms with Crippen LogP contribution in [0.3, 0.4) is 0 Å². The Morgan fingerprint density at radius 3 is 2.70 bits per heavy atom. The number of amides is 1. The lowest BCUT2D eigenvalue weighted by Crippen LogP contribution is -2.36. The standard InChI is InChI=1S/C16H20FN3O3/c1-11-15(16(22)19(2)9-14(21)10-23-3)8-18-20(11)13-6-4-12(17)5-7-13/h4-8,14,21H,9-10H2,1-3H3. The van der Waals surface area contributed by atoms with Crippen molar-refractivity contribution in [1.29, 1.82) is 0 Å². The summed E-state index contributed by atoms with van der Waals surface area (Å²) in [5.74, 6) is -0.576. The first-order valence-electron chi connectivity index (χ1n) is 7.17. The molecule has 23 heavy (non-hydrogen) atoms. The average molecular weight is 321 g/mol. The Bertz CT molecular complexity index is 670. The third-order valence-electron chi connectivity index (χ3n) is 3.50. The van der Waals surface area contributed by atoms with Crippen LogP contribution in [-0.4, -0.2) is 59.1 Å². The molecule has 1 unspecified atom stereocenters. The fourth-order valence-electron chi connectivity index (χ4n) is 2.31. The van der Waals surface area contributed by atoms with Gasteiger partial charge in [-0.25, -0.2) is 9.07 Å². The molecule has 0 saturated carbocycles. The van der Waals surface area contributed by atoms with Gasteiger partial charge in [0.15, 0.2) is 0 Å². The maximum absolute atomic E-state index is 13.0. The average Bonchev–Trinajstić information content (AvgIpc) is 2.89. The van der Waals surface area contributed by atoms with Gasteiger partial charge in [0.05, 0.1) is 35.9 Å². The Kier molecular flexibility index (Phi) is 5.46. The fraction of sp³-hybridized carbons (Fsp3) is 0.375. The molecule has 1 atom stereocenters. The van der Waals surface area contributed by atoms with E-state index >= 15 is 0 Å². The van der Waals surface area contributed by atoms with Crippen LogP contribution < -0.4 is 0 Å². The Morgan fingerprint density at radius 1 is 1.43 bits per heavy atom. The minimum Gasteiger partial charge on any atom is -0.389 e. The van der Waals surface area contributed by atoms with E-state index in [-0.39, 0.29) is 24.9 Å². The molecule has 1 N–H and O–H groups in total. The lowest BCUT2D eigenvalue weighted by Gasteiger charge is -2.20. The second kappa shape index (κ2) is 7.34. The van der Waals surface area contributed by atoms with Gasteiger partial charge in [-0.15, -0.1) is 0 Å². The normalized spacial score (nSPS) is 12.2. The maximum Gasteiger partial charge on any atom is 0.257 e. The van der Waals surface area contributed by atoms with Crippen molar-refractivity contribution in [2.45, 2.75) is 13.0 Å². The van der Waals surface area contributed by atoms with Crippen LogP contribution in [0, 0.1) is 12.7 Å². The van der Waals surface area contributed by atoms with Gasteiger partial charge in [0.1, 0.15) is 5.82 Å². The van der Waals surface area contributed by atoms with E-state index in [4.69, 9.17) is 4.74 Å². The number of carbonyl (C=O) groups excluding carboxylic acids is 1. The molecule has 2 aromatic rings. The summed E-state index contributed by atoms with van der Waals surface area (Å²) in [6, 6.07) is 5.86. The smallest absolute Gasteiger partial charge is 0.257 e. The van der Waals surface area contributed by atoms with Crippen LogP contribution >= 0.6 is 0 Å². The van der Waals surface area contributed by atoms with Crippen molar-refractivity contribution in [3.05, 3.63) is 47.5 Å². The van der Waals surface area contributed by atoms with Crippen molar-refractivity contribution in [3.8, 4) is 5.69 Å². The van der Waals surface area contributed by atoms with Crippen LogP contribution in [-0.2, 0) is 4.74 Å². The van der Waals surface area contributed by atoms with Crippen molar-refractivity contribution < 1.29 is 19.0 Å². The van der Waals surface area contributed by atoms with E-state index in [2.05, 4.69) is 5.10 Å². The van der Waals surface area contributed by atoms with Crippen molar-refractivity contribution in [3.63, 3.8) is 0 Å². The van der Waals surface area contributed by atoms with Crippen molar-refractivity contribution in [2.24, 2.45) is 0 Å². The van der Waals surface area contributed by atoms with E-state index in [0.717, 1.165) is 0 Å². The summed E-state index contributed by atoms with van der Waals surface area (Å²) in [5.41, 5.74) is 1.75. The Labute approximate surface area is 134 Å². The van der Waals surface area contributed by atoms with Gasteiger partial charge in [0, 0.05) is 20.7 Å². The second-order valence-electron chi connectivity index (χ2n) is 5.33. The molecule has 1 heterocycles. The zero-order chi connectivity index (χ0) is 17.0. The molecule has 1 aromatic heterocycles. The number of aliphatic hydroxyl groups is 1. The fourth-order valence-corrected chi connectivity index (χ4v) is 2.31. The third-order valence-corrected chi connectivity index (χ3v) is 3.50. The number of aliphatic hydroxyl groups excluding tert-OH is 1. The quantitative estimate of drug-likeness (QED) is 0.873. The highest BCUT2D eigenvalue weighted by Gasteiger charge is 2.20. The molecule has 0 aliphatic carbocycles. The number of benzene rings is 1. The van der Waals surface area contributed by atoms with Crippen LogP contribution in [0.25, 0.3) is 5.69 Å². The number of methoxy groups -OCH3 is 1. The topological polar surface area (TPSA) is 67.6 Å². The number of carbonyl (C=O) groups is 1. The van der Waals surface area contributed by atoms with Crippen LogP contribution in [0.15, 0.2) is 30.5 Å². The number of rotatable bonds is 6.